The van der Waals surface area contributed by atoms with Crippen molar-refractivity contribution >= 4 is 15.9 Å². The minimum atomic E-state index is 0.791. The molecule has 0 aliphatic heterocycles. The summed E-state index contributed by atoms with van der Waals surface area (Å²) < 4.78 is 5.34. The third-order valence-electron chi connectivity index (χ3n) is 3.68. The van der Waals surface area contributed by atoms with Gasteiger partial charge in [-0.25, -0.2) is 4.98 Å². The SMILES string of the molecule is CCCNCc1cnc(C)n1Cc1c(Br)c(CC)nn1C. The molecule has 0 aromatic carbocycles. The van der Waals surface area contributed by atoms with Crippen LogP contribution in [0.4, 0.5) is 0 Å². The summed E-state index contributed by atoms with van der Waals surface area (Å²) in [6, 6.07) is 0. The summed E-state index contributed by atoms with van der Waals surface area (Å²) >= 11 is 3.69. The van der Waals surface area contributed by atoms with E-state index in [0.717, 1.165) is 48.5 Å². The van der Waals surface area contributed by atoms with E-state index in [1.165, 1.54) is 11.4 Å². The van der Waals surface area contributed by atoms with Crippen LogP contribution in [-0.2, 0) is 26.6 Å². The molecule has 2 rings (SSSR count). The Morgan fingerprint density at radius 2 is 2.10 bits per heavy atom. The third-order valence-corrected chi connectivity index (χ3v) is 4.60. The van der Waals surface area contributed by atoms with E-state index in [2.05, 4.69) is 49.7 Å². The Bertz CT molecular complexity index is 599. The van der Waals surface area contributed by atoms with Crippen LogP contribution in [0.15, 0.2) is 10.7 Å². The van der Waals surface area contributed by atoms with Gasteiger partial charge in [0.2, 0.25) is 0 Å². The molecule has 0 saturated carbocycles. The van der Waals surface area contributed by atoms with E-state index < -0.39 is 0 Å². The number of nitrogens with zero attached hydrogens (tertiary/aromatic N) is 4. The third kappa shape index (κ3) is 3.55. The number of nitrogens with one attached hydrogen (secondary N) is 1. The van der Waals surface area contributed by atoms with Crippen LogP contribution in [0.1, 0.15) is 43.2 Å². The molecule has 0 bridgehead atoms. The fourth-order valence-corrected chi connectivity index (χ4v) is 3.15. The highest BCUT2D eigenvalue weighted by molar-refractivity contribution is 9.10. The molecule has 1 N–H and O–H groups in total. The topological polar surface area (TPSA) is 47.7 Å². The zero-order valence-corrected chi connectivity index (χ0v) is 14.9. The van der Waals surface area contributed by atoms with Gasteiger partial charge in [0.15, 0.2) is 0 Å². The molecule has 5 nitrogen and oxygen atoms in total. The highest BCUT2D eigenvalue weighted by atomic mass is 79.9. The average Bonchev–Trinajstić information content (AvgIpc) is 2.95. The zero-order chi connectivity index (χ0) is 15.4. The summed E-state index contributed by atoms with van der Waals surface area (Å²) in [5.41, 5.74) is 3.51. The molecule has 21 heavy (non-hydrogen) atoms. The Hall–Kier alpha value is -1.14. The van der Waals surface area contributed by atoms with Crippen molar-refractivity contribution in [3.05, 3.63) is 33.6 Å². The summed E-state index contributed by atoms with van der Waals surface area (Å²) in [6.45, 7) is 9.02. The van der Waals surface area contributed by atoms with E-state index in [1.807, 2.05) is 24.9 Å². The second kappa shape index (κ2) is 7.22. The molecule has 2 heterocycles. The van der Waals surface area contributed by atoms with Gasteiger partial charge in [-0.3, -0.25) is 4.68 Å². The molecule has 0 atom stereocenters. The van der Waals surface area contributed by atoms with E-state index in [0.29, 0.717) is 0 Å². The second-order valence-electron chi connectivity index (χ2n) is 5.24. The summed E-state index contributed by atoms with van der Waals surface area (Å²) in [6.07, 6.45) is 4.03. The van der Waals surface area contributed by atoms with Crippen LogP contribution in [0, 0.1) is 6.92 Å². The maximum Gasteiger partial charge on any atom is 0.106 e. The van der Waals surface area contributed by atoms with E-state index >= 15 is 0 Å². The highest BCUT2D eigenvalue weighted by Crippen LogP contribution is 2.23. The second-order valence-corrected chi connectivity index (χ2v) is 6.04. The molecule has 0 unspecified atom stereocenters. The minimum absolute atomic E-state index is 0.791. The number of hydrogen-bond donors (Lipinski definition) is 1. The van der Waals surface area contributed by atoms with Crippen molar-refractivity contribution in [3.63, 3.8) is 0 Å². The standard InChI is InChI=1S/C15H24BrN5/c1-5-7-17-8-12-9-18-11(3)21(12)10-14-15(16)13(6-2)19-20(14)4/h9,17H,5-8,10H2,1-4H3. The van der Waals surface area contributed by atoms with Gasteiger partial charge in [-0.1, -0.05) is 13.8 Å². The van der Waals surface area contributed by atoms with Gasteiger partial charge in [0, 0.05) is 19.8 Å². The summed E-state index contributed by atoms with van der Waals surface area (Å²) in [5, 5.41) is 8.01. The molecule has 0 aliphatic carbocycles. The van der Waals surface area contributed by atoms with Gasteiger partial charge < -0.3 is 9.88 Å². The van der Waals surface area contributed by atoms with Crippen molar-refractivity contribution in [2.45, 2.75) is 46.7 Å². The predicted octanol–water partition coefficient (Wildman–Crippen LogP) is 2.80. The first-order valence-electron chi connectivity index (χ1n) is 7.50. The van der Waals surface area contributed by atoms with Crippen LogP contribution in [0.3, 0.4) is 0 Å². The molecule has 0 aliphatic rings. The largest absolute Gasteiger partial charge is 0.325 e. The maximum absolute atomic E-state index is 4.56. The number of aromatic nitrogens is 4. The van der Waals surface area contributed by atoms with Crippen LogP contribution in [0.2, 0.25) is 0 Å². The van der Waals surface area contributed by atoms with Crippen LogP contribution in [0.25, 0.3) is 0 Å². The molecule has 2 aromatic rings. The van der Waals surface area contributed by atoms with Gasteiger partial charge in [0.25, 0.3) is 0 Å². The Morgan fingerprint density at radius 1 is 1.33 bits per heavy atom. The quantitative estimate of drug-likeness (QED) is 0.778. The zero-order valence-electron chi connectivity index (χ0n) is 13.3. The van der Waals surface area contributed by atoms with Crippen molar-refractivity contribution in [1.82, 2.24) is 24.6 Å². The van der Waals surface area contributed by atoms with Crippen LogP contribution >= 0.6 is 15.9 Å². The molecular weight excluding hydrogens is 330 g/mol. The van der Waals surface area contributed by atoms with Crippen LogP contribution in [-0.4, -0.2) is 25.9 Å². The monoisotopic (exact) mass is 353 g/mol. The predicted molar refractivity (Wildman–Crippen MR) is 88.3 cm³/mol. The van der Waals surface area contributed by atoms with Crippen molar-refractivity contribution in [3.8, 4) is 0 Å². The highest BCUT2D eigenvalue weighted by Gasteiger charge is 2.15. The lowest BCUT2D eigenvalue weighted by Gasteiger charge is -2.12. The molecular formula is C15H24BrN5. The Morgan fingerprint density at radius 3 is 2.71 bits per heavy atom. The lowest BCUT2D eigenvalue weighted by Crippen LogP contribution is -2.18. The van der Waals surface area contributed by atoms with Gasteiger partial charge in [0.1, 0.15) is 5.82 Å². The van der Waals surface area contributed by atoms with Crippen LogP contribution < -0.4 is 5.32 Å². The Kier molecular flexibility index (Phi) is 5.58. The first-order chi connectivity index (χ1) is 10.1. The number of rotatable bonds is 7. The first kappa shape index (κ1) is 16.2. The average molecular weight is 354 g/mol. The molecule has 0 spiro atoms. The van der Waals surface area contributed by atoms with Gasteiger partial charge >= 0.3 is 0 Å². The van der Waals surface area contributed by atoms with Crippen molar-refractivity contribution in [2.24, 2.45) is 7.05 Å². The fourth-order valence-electron chi connectivity index (χ4n) is 2.41. The van der Waals surface area contributed by atoms with Crippen molar-refractivity contribution in [1.29, 1.82) is 0 Å². The summed E-state index contributed by atoms with van der Waals surface area (Å²) in [4.78, 5) is 4.46. The molecule has 0 fully saturated rings. The number of aryl methyl sites for hydroxylation is 3. The van der Waals surface area contributed by atoms with E-state index in [9.17, 15) is 0 Å². The Labute approximate surface area is 134 Å². The minimum Gasteiger partial charge on any atom is -0.325 e. The van der Waals surface area contributed by atoms with E-state index in [4.69, 9.17) is 0 Å². The number of hydrogen-bond acceptors (Lipinski definition) is 3. The number of halogens is 1. The van der Waals surface area contributed by atoms with Crippen molar-refractivity contribution in [2.75, 3.05) is 6.54 Å². The smallest absolute Gasteiger partial charge is 0.106 e. The molecule has 0 radical (unpaired) electrons. The molecule has 116 valence electrons. The fraction of sp³-hybridized carbons (Fsp3) is 0.600. The van der Waals surface area contributed by atoms with Gasteiger partial charge in [-0.15, -0.1) is 0 Å². The molecule has 0 saturated heterocycles. The molecule has 6 heteroatoms. The molecule has 0 amide bonds. The van der Waals surface area contributed by atoms with Gasteiger partial charge in [0.05, 0.1) is 28.1 Å². The van der Waals surface area contributed by atoms with Gasteiger partial charge in [-0.05, 0) is 42.2 Å². The lowest BCUT2D eigenvalue weighted by atomic mass is 10.3. The first-order valence-corrected chi connectivity index (χ1v) is 8.29. The summed E-state index contributed by atoms with van der Waals surface area (Å²) in [5.74, 6) is 1.04. The van der Waals surface area contributed by atoms with E-state index in [-0.39, 0.29) is 0 Å². The van der Waals surface area contributed by atoms with Gasteiger partial charge in [-0.2, -0.15) is 5.10 Å². The Balaban J connectivity index is 2.23. The maximum atomic E-state index is 4.56. The van der Waals surface area contributed by atoms with Crippen molar-refractivity contribution < 1.29 is 0 Å². The molecule has 2 aromatic heterocycles. The van der Waals surface area contributed by atoms with Crippen LogP contribution in [0.5, 0.6) is 0 Å². The van der Waals surface area contributed by atoms with E-state index in [1.54, 1.807) is 0 Å². The summed E-state index contributed by atoms with van der Waals surface area (Å²) in [7, 11) is 2.00. The lowest BCUT2D eigenvalue weighted by molar-refractivity contribution is 0.599. The normalized spacial score (nSPS) is 11.3. The number of imidazole rings is 1.